The van der Waals surface area contributed by atoms with E-state index in [1.165, 1.54) is 6.07 Å². The molecular weight excluding hydrogens is 243 g/mol. The second-order valence-corrected chi connectivity index (χ2v) is 3.60. The zero-order valence-electron chi connectivity index (χ0n) is 8.77. The maximum atomic E-state index is 13.0. The number of halogens is 5. The first-order valence-corrected chi connectivity index (χ1v) is 4.94. The Hall–Kier alpha value is -1.17. The number of benzene rings is 1. The summed E-state index contributed by atoms with van der Waals surface area (Å²) < 4.78 is 62.3. The van der Waals surface area contributed by atoms with Crippen molar-refractivity contribution < 1.29 is 27.1 Å². The number of hydrogen-bond donors (Lipinski definition) is 1. The number of hydrogen-bond acceptors (Lipinski definition) is 1. The normalized spacial score (nSPS) is 12.8. The van der Waals surface area contributed by atoms with E-state index in [0.717, 1.165) is 18.2 Å². The molecule has 6 heteroatoms. The van der Waals surface area contributed by atoms with Crippen molar-refractivity contribution in [2.75, 3.05) is 6.61 Å². The summed E-state index contributed by atoms with van der Waals surface area (Å²) in [4.78, 5) is 0. The molecule has 0 aliphatic heterocycles. The SMILES string of the molecule is OCCCc1cccc(C(F)(F)C(F)(F)F)c1. The Balaban J connectivity index is 2.99. The molecule has 96 valence electrons. The number of alkyl halides is 5. The fraction of sp³-hybridized carbons (Fsp3) is 0.455. The Labute approximate surface area is 94.9 Å². The molecule has 0 unspecified atom stereocenters. The lowest BCUT2D eigenvalue weighted by Crippen LogP contribution is -2.33. The van der Waals surface area contributed by atoms with Crippen LogP contribution >= 0.6 is 0 Å². The first-order chi connectivity index (χ1) is 7.79. The molecule has 0 fully saturated rings. The molecule has 0 heterocycles. The average Bonchev–Trinajstić information content (AvgIpc) is 2.25. The third-order valence-electron chi connectivity index (χ3n) is 2.27. The molecule has 1 aromatic rings. The van der Waals surface area contributed by atoms with Crippen LogP contribution in [0.15, 0.2) is 24.3 Å². The minimum absolute atomic E-state index is 0.139. The van der Waals surface area contributed by atoms with Gasteiger partial charge in [-0.1, -0.05) is 18.2 Å². The van der Waals surface area contributed by atoms with Crippen LogP contribution in [-0.2, 0) is 12.3 Å². The molecule has 1 rings (SSSR count). The standard InChI is InChI=1S/C11H11F5O/c12-10(13,11(14,15)16)9-5-1-3-8(7-9)4-2-6-17/h1,3,5,7,17H,2,4,6H2. The van der Waals surface area contributed by atoms with Gasteiger partial charge in [-0.15, -0.1) is 0 Å². The molecule has 0 aliphatic rings. The second-order valence-electron chi connectivity index (χ2n) is 3.60. The van der Waals surface area contributed by atoms with Crippen molar-refractivity contribution >= 4 is 0 Å². The average molecular weight is 254 g/mol. The van der Waals surface area contributed by atoms with Crippen LogP contribution in [0.2, 0.25) is 0 Å². The molecule has 0 aliphatic carbocycles. The van der Waals surface area contributed by atoms with Crippen LogP contribution in [0.4, 0.5) is 22.0 Å². The zero-order valence-corrected chi connectivity index (χ0v) is 8.77. The van der Waals surface area contributed by atoms with Gasteiger partial charge in [0.1, 0.15) is 0 Å². The van der Waals surface area contributed by atoms with E-state index in [1.54, 1.807) is 0 Å². The molecule has 0 amide bonds. The van der Waals surface area contributed by atoms with Crippen molar-refractivity contribution in [3.05, 3.63) is 35.4 Å². The lowest BCUT2D eigenvalue weighted by Gasteiger charge is -2.20. The maximum absolute atomic E-state index is 13.0. The van der Waals surface area contributed by atoms with Gasteiger partial charge in [-0.25, -0.2) is 0 Å². The largest absolute Gasteiger partial charge is 0.458 e. The highest BCUT2D eigenvalue weighted by molar-refractivity contribution is 5.28. The molecule has 0 atom stereocenters. The molecule has 1 nitrogen and oxygen atoms in total. The van der Waals surface area contributed by atoms with Crippen molar-refractivity contribution in [2.45, 2.75) is 24.9 Å². The molecule has 0 spiro atoms. The summed E-state index contributed by atoms with van der Waals surface area (Å²) in [7, 11) is 0. The van der Waals surface area contributed by atoms with Crippen molar-refractivity contribution in [3.63, 3.8) is 0 Å². The van der Waals surface area contributed by atoms with Crippen LogP contribution in [0.3, 0.4) is 0 Å². The van der Waals surface area contributed by atoms with Crippen LogP contribution in [-0.4, -0.2) is 17.9 Å². The highest BCUT2D eigenvalue weighted by Gasteiger charge is 2.58. The lowest BCUT2D eigenvalue weighted by molar-refractivity contribution is -0.289. The van der Waals surface area contributed by atoms with Gasteiger partial charge in [0.25, 0.3) is 0 Å². The highest BCUT2D eigenvalue weighted by atomic mass is 19.4. The van der Waals surface area contributed by atoms with E-state index in [4.69, 9.17) is 5.11 Å². The lowest BCUT2D eigenvalue weighted by atomic mass is 10.0. The number of aliphatic hydroxyl groups excluding tert-OH is 1. The monoisotopic (exact) mass is 254 g/mol. The summed E-state index contributed by atoms with van der Waals surface area (Å²) in [6.45, 7) is -0.139. The highest BCUT2D eigenvalue weighted by Crippen LogP contribution is 2.43. The van der Waals surface area contributed by atoms with Gasteiger partial charge in [0.15, 0.2) is 0 Å². The summed E-state index contributed by atoms with van der Waals surface area (Å²) in [5, 5.41) is 8.56. The Morgan fingerprint density at radius 1 is 1.06 bits per heavy atom. The number of aryl methyl sites for hydroxylation is 1. The van der Waals surface area contributed by atoms with Gasteiger partial charge in [-0.05, 0) is 24.5 Å². The predicted molar refractivity (Wildman–Crippen MR) is 51.8 cm³/mol. The van der Waals surface area contributed by atoms with Crippen molar-refractivity contribution in [3.8, 4) is 0 Å². The first-order valence-electron chi connectivity index (χ1n) is 4.94. The third-order valence-corrected chi connectivity index (χ3v) is 2.27. The minimum Gasteiger partial charge on any atom is -0.396 e. The fourth-order valence-corrected chi connectivity index (χ4v) is 1.37. The summed E-state index contributed by atoms with van der Waals surface area (Å²) in [6, 6.07) is 4.17. The fourth-order valence-electron chi connectivity index (χ4n) is 1.37. The molecule has 1 aromatic carbocycles. The van der Waals surface area contributed by atoms with Crippen LogP contribution in [0, 0.1) is 0 Å². The third kappa shape index (κ3) is 3.15. The molecule has 0 radical (unpaired) electrons. The van der Waals surface area contributed by atoms with Gasteiger partial charge in [-0.3, -0.25) is 0 Å². The van der Waals surface area contributed by atoms with E-state index in [1.807, 2.05) is 0 Å². The Morgan fingerprint density at radius 2 is 1.71 bits per heavy atom. The minimum atomic E-state index is -5.59. The van der Waals surface area contributed by atoms with Crippen molar-refractivity contribution in [1.29, 1.82) is 0 Å². The number of rotatable bonds is 4. The molecule has 0 aromatic heterocycles. The molecule has 0 saturated carbocycles. The summed E-state index contributed by atoms with van der Waals surface area (Å²) in [5.41, 5.74) is -0.721. The first kappa shape index (κ1) is 13.9. The van der Waals surface area contributed by atoms with Gasteiger partial charge in [-0.2, -0.15) is 22.0 Å². The van der Waals surface area contributed by atoms with Gasteiger partial charge < -0.3 is 5.11 Å². The van der Waals surface area contributed by atoms with E-state index in [9.17, 15) is 22.0 Å². The van der Waals surface area contributed by atoms with E-state index in [0.29, 0.717) is 12.0 Å². The van der Waals surface area contributed by atoms with Gasteiger partial charge in [0.2, 0.25) is 0 Å². The quantitative estimate of drug-likeness (QED) is 0.817. The molecule has 1 N–H and O–H groups in total. The van der Waals surface area contributed by atoms with E-state index in [-0.39, 0.29) is 13.0 Å². The van der Waals surface area contributed by atoms with E-state index < -0.39 is 17.7 Å². The van der Waals surface area contributed by atoms with Crippen molar-refractivity contribution in [2.24, 2.45) is 0 Å². The van der Waals surface area contributed by atoms with Crippen molar-refractivity contribution in [1.82, 2.24) is 0 Å². The smallest absolute Gasteiger partial charge is 0.396 e. The molecule has 0 saturated heterocycles. The van der Waals surface area contributed by atoms with Gasteiger partial charge in [0, 0.05) is 12.2 Å². The van der Waals surface area contributed by atoms with E-state index in [2.05, 4.69) is 0 Å². The van der Waals surface area contributed by atoms with Crippen LogP contribution < -0.4 is 0 Å². The predicted octanol–water partition coefficient (Wildman–Crippen LogP) is 3.27. The Kier molecular flexibility index (Phi) is 4.08. The van der Waals surface area contributed by atoms with Crippen LogP contribution in [0.5, 0.6) is 0 Å². The Bertz CT molecular complexity index is 372. The number of aliphatic hydroxyl groups is 1. The van der Waals surface area contributed by atoms with Gasteiger partial charge >= 0.3 is 12.1 Å². The molecule has 0 bridgehead atoms. The summed E-state index contributed by atoms with van der Waals surface area (Å²) in [5.74, 6) is -4.85. The summed E-state index contributed by atoms with van der Waals surface area (Å²) in [6.07, 6.45) is -5.01. The Morgan fingerprint density at radius 3 is 2.24 bits per heavy atom. The second kappa shape index (κ2) is 5.00. The van der Waals surface area contributed by atoms with Crippen LogP contribution in [0.25, 0.3) is 0 Å². The molecular formula is C11H11F5O. The van der Waals surface area contributed by atoms with Crippen LogP contribution in [0.1, 0.15) is 17.5 Å². The topological polar surface area (TPSA) is 20.2 Å². The molecule has 17 heavy (non-hydrogen) atoms. The van der Waals surface area contributed by atoms with Gasteiger partial charge in [0.05, 0.1) is 0 Å². The summed E-state index contributed by atoms with van der Waals surface area (Å²) >= 11 is 0. The van der Waals surface area contributed by atoms with E-state index >= 15 is 0 Å². The zero-order chi connectivity index (χ0) is 13.1. The maximum Gasteiger partial charge on any atom is 0.458 e.